The Morgan fingerprint density at radius 3 is 2.47 bits per heavy atom. The van der Waals surface area contributed by atoms with Gasteiger partial charge in [0.2, 0.25) is 10.0 Å². The molecule has 0 atom stereocenters. The van der Waals surface area contributed by atoms with E-state index in [1.807, 2.05) is 6.08 Å². The summed E-state index contributed by atoms with van der Waals surface area (Å²) in [6.45, 7) is 8.88. The van der Waals surface area contributed by atoms with Crippen LogP contribution in [0.3, 0.4) is 0 Å². The van der Waals surface area contributed by atoms with E-state index >= 15 is 0 Å². The summed E-state index contributed by atoms with van der Waals surface area (Å²) in [4.78, 5) is 2.20. The van der Waals surface area contributed by atoms with Crippen molar-refractivity contribution in [3.8, 4) is 0 Å². The van der Waals surface area contributed by atoms with Crippen LogP contribution in [0.25, 0.3) is 0 Å². The Morgan fingerprint density at radius 2 is 2.00 bits per heavy atom. The van der Waals surface area contributed by atoms with E-state index in [1.54, 1.807) is 4.31 Å². The van der Waals surface area contributed by atoms with Gasteiger partial charge in [-0.15, -0.1) is 0 Å². The minimum atomic E-state index is -3.07. The van der Waals surface area contributed by atoms with Crippen LogP contribution >= 0.6 is 0 Å². The second-order valence-corrected chi connectivity index (χ2v) is 7.59. The Labute approximate surface area is 104 Å². The number of hydrogen-bond acceptors (Lipinski definition) is 3. The molecule has 5 heteroatoms. The van der Waals surface area contributed by atoms with Crippen molar-refractivity contribution in [2.75, 3.05) is 26.2 Å². The summed E-state index contributed by atoms with van der Waals surface area (Å²) >= 11 is 0. The van der Waals surface area contributed by atoms with Gasteiger partial charge in [-0.2, -0.15) is 4.31 Å². The third-order valence-electron chi connectivity index (χ3n) is 3.79. The van der Waals surface area contributed by atoms with E-state index in [9.17, 15) is 8.42 Å². The van der Waals surface area contributed by atoms with Gasteiger partial charge in [-0.05, 0) is 27.2 Å². The molecule has 2 aliphatic rings. The Kier molecular flexibility index (Phi) is 3.61. The summed E-state index contributed by atoms with van der Waals surface area (Å²) in [6, 6.07) is 0.449. The molecule has 98 valence electrons. The molecule has 1 fully saturated rings. The van der Waals surface area contributed by atoms with Crippen LogP contribution in [0.4, 0.5) is 0 Å². The molecule has 0 N–H and O–H groups in total. The summed E-state index contributed by atoms with van der Waals surface area (Å²) in [6.07, 6.45) is 2.90. The summed E-state index contributed by atoms with van der Waals surface area (Å²) in [7, 11) is -3.07. The van der Waals surface area contributed by atoms with Crippen LogP contribution in [-0.2, 0) is 10.0 Å². The molecule has 1 saturated heterocycles. The zero-order valence-corrected chi connectivity index (χ0v) is 11.7. The van der Waals surface area contributed by atoms with Gasteiger partial charge in [0, 0.05) is 32.2 Å². The van der Waals surface area contributed by atoms with Crippen molar-refractivity contribution >= 4 is 10.0 Å². The standard InChI is InChI=1S/C12H22N2O2S/c1-10(2)13-8-12(9-13)17(15,16)14-6-4-11(3)5-7-14/h4,10,12H,5-9H2,1-3H3. The van der Waals surface area contributed by atoms with Gasteiger partial charge in [0.25, 0.3) is 0 Å². The molecule has 17 heavy (non-hydrogen) atoms. The normalized spacial score (nSPS) is 24.8. The fraction of sp³-hybridized carbons (Fsp3) is 0.833. The number of nitrogens with zero attached hydrogens (tertiary/aromatic N) is 2. The van der Waals surface area contributed by atoms with Gasteiger partial charge in [0.15, 0.2) is 0 Å². The molecular weight excluding hydrogens is 236 g/mol. The number of rotatable bonds is 3. The van der Waals surface area contributed by atoms with Gasteiger partial charge in [0.05, 0.1) is 0 Å². The lowest BCUT2D eigenvalue weighted by molar-refractivity contribution is 0.139. The maximum atomic E-state index is 12.3. The lowest BCUT2D eigenvalue weighted by Crippen LogP contribution is -2.60. The third kappa shape index (κ3) is 2.56. The largest absolute Gasteiger partial charge is 0.298 e. The molecule has 0 amide bonds. The van der Waals surface area contributed by atoms with Crippen LogP contribution in [0.5, 0.6) is 0 Å². The zero-order valence-electron chi connectivity index (χ0n) is 10.9. The predicted molar refractivity (Wildman–Crippen MR) is 69.4 cm³/mol. The first-order valence-electron chi connectivity index (χ1n) is 6.30. The molecule has 0 bridgehead atoms. The highest BCUT2D eigenvalue weighted by Gasteiger charge is 2.41. The van der Waals surface area contributed by atoms with Crippen LogP contribution in [0.1, 0.15) is 27.2 Å². The first-order chi connectivity index (χ1) is 7.91. The Balaban J connectivity index is 1.97. The van der Waals surface area contributed by atoms with E-state index in [2.05, 4.69) is 25.7 Å². The van der Waals surface area contributed by atoms with Gasteiger partial charge in [-0.1, -0.05) is 11.6 Å². The van der Waals surface area contributed by atoms with E-state index < -0.39 is 10.0 Å². The second-order valence-electron chi connectivity index (χ2n) is 5.37. The molecule has 0 aliphatic carbocycles. The van der Waals surface area contributed by atoms with Gasteiger partial charge in [-0.25, -0.2) is 8.42 Å². The monoisotopic (exact) mass is 258 g/mol. The summed E-state index contributed by atoms with van der Waals surface area (Å²) < 4.78 is 26.3. The minimum Gasteiger partial charge on any atom is -0.298 e. The summed E-state index contributed by atoms with van der Waals surface area (Å²) in [5, 5.41) is -0.184. The first-order valence-corrected chi connectivity index (χ1v) is 7.80. The maximum absolute atomic E-state index is 12.3. The Bertz CT molecular complexity index is 408. The highest BCUT2D eigenvalue weighted by Crippen LogP contribution is 2.24. The molecule has 0 aromatic rings. The van der Waals surface area contributed by atoms with Gasteiger partial charge >= 0.3 is 0 Å². The molecule has 0 saturated carbocycles. The van der Waals surface area contributed by atoms with Crippen LogP contribution in [-0.4, -0.2) is 55.1 Å². The van der Waals surface area contributed by atoms with Crippen molar-refractivity contribution in [3.63, 3.8) is 0 Å². The predicted octanol–water partition coefficient (Wildman–Crippen LogP) is 1.06. The lowest BCUT2D eigenvalue weighted by Gasteiger charge is -2.43. The first kappa shape index (κ1) is 13.1. The van der Waals surface area contributed by atoms with E-state index in [0.29, 0.717) is 32.2 Å². The summed E-state index contributed by atoms with van der Waals surface area (Å²) in [5.74, 6) is 0. The fourth-order valence-corrected chi connectivity index (χ4v) is 4.08. The van der Waals surface area contributed by atoms with Gasteiger partial charge in [-0.3, -0.25) is 4.90 Å². The van der Waals surface area contributed by atoms with Crippen molar-refractivity contribution in [3.05, 3.63) is 11.6 Å². The molecule has 0 aromatic carbocycles. The van der Waals surface area contributed by atoms with Gasteiger partial charge in [0.1, 0.15) is 5.25 Å². The quantitative estimate of drug-likeness (QED) is 0.711. The van der Waals surface area contributed by atoms with Crippen molar-refractivity contribution in [2.45, 2.75) is 38.5 Å². The van der Waals surface area contributed by atoms with Gasteiger partial charge < -0.3 is 0 Å². The van der Waals surface area contributed by atoms with Crippen molar-refractivity contribution in [1.29, 1.82) is 0 Å². The number of likely N-dealkylation sites (tertiary alicyclic amines) is 1. The second kappa shape index (κ2) is 4.71. The zero-order chi connectivity index (χ0) is 12.6. The Hall–Kier alpha value is -0.390. The number of hydrogen-bond donors (Lipinski definition) is 0. The van der Waals surface area contributed by atoms with Crippen molar-refractivity contribution in [2.24, 2.45) is 0 Å². The highest BCUT2D eigenvalue weighted by molar-refractivity contribution is 7.89. The van der Waals surface area contributed by atoms with Crippen LogP contribution < -0.4 is 0 Å². The molecule has 4 nitrogen and oxygen atoms in total. The average Bonchev–Trinajstić information content (AvgIpc) is 2.14. The van der Waals surface area contributed by atoms with E-state index in [0.717, 1.165) is 6.42 Å². The molecule has 2 rings (SSSR count). The molecule has 2 heterocycles. The fourth-order valence-electron chi connectivity index (χ4n) is 2.27. The minimum absolute atomic E-state index is 0.184. The molecule has 0 aromatic heterocycles. The Morgan fingerprint density at radius 1 is 1.35 bits per heavy atom. The smallest absolute Gasteiger partial charge is 0.219 e. The molecule has 0 spiro atoms. The summed E-state index contributed by atoms with van der Waals surface area (Å²) in [5.41, 5.74) is 1.30. The highest BCUT2D eigenvalue weighted by atomic mass is 32.2. The van der Waals surface area contributed by atoms with E-state index in [4.69, 9.17) is 0 Å². The maximum Gasteiger partial charge on any atom is 0.219 e. The number of sulfonamides is 1. The topological polar surface area (TPSA) is 40.6 Å². The molecule has 2 aliphatic heterocycles. The van der Waals surface area contributed by atoms with Crippen LogP contribution in [0.15, 0.2) is 11.6 Å². The van der Waals surface area contributed by atoms with Crippen molar-refractivity contribution < 1.29 is 8.42 Å². The van der Waals surface area contributed by atoms with Crippen LogP contribution in [0, 0.1) is 0 Å². The average molecular weight is 258 g/mol. The van der Waals surface area contributed by atoms with Crippen molar-refractivity contribution in [1.82, 2.24) is 9.21 Å². The lowest BCUT2D eigenvalue weighted by atomic mass is 10.1. The molecule has 0 unspecified atom stereocenters. The SMILES string of the molecule is CC1=CCN(S(=O)(=O)C2CN(C(C)C)C2)CC1. The van der Waals surface area contributed by atoms with E-state index in [-0.39, 0.29) is 5.25 Å². The molecular formula is C12H22N2O2S. The van der Waals surface area contributed by atoms with Crippen LogP contribution in [0.2, 0.25) is 0 Å². The van der Waals surface area contributed by atoms with E-state index in [1.165, 1.54) is 5.57 Å². The molecule has 0 radical (unpaired) electrons. The third-order valence-corrected chi connectivity index (χ3v) is 5.98.